The van der Waals surface area contributed by atoms with E-state index in [1.807, 2.05) is 24.7 Å². The summed E-state index contributed by atoms with van der Waals surface area (Å²) in [5.41, 5.74) is 6.55. The summed E-state index contributed by atoms with van der Waals surface area (Å²) in [5.74, 6) is 0.712. The Kier molecular flexibility index (Phi) is 4.72. The van der Waals surface area contributed by atoms with Crippen LogP contribution >= 0.6 is 0 Å². The van der Waals surface area contributed by atoms with Gasteiger partial charge in [0.2, 0.25) is 5.95 Å². The first kappa shape index (κ1) is 17.9. The molecule has 0 saturated heterocycles. The standard InChI is InChI=1S/C24H25N5/c1-2-16-7-3-6-10-19(16)17-13-20-21(15-27-23(20)26-14-17)22-11-12-25-24(29-22)28-18-8-4-5-9-18/h3,6-7,10-15,18H,2,4-5,8-9H2,1H3,(H,26,27)(H,25,28,29). The molecule has 1 saturated carbocycles. The van der Waals surface area contributed by atoms with E-state index in [4.69, 9.17) is 4.98 Å². The van der Waals surface area contributed by atoms with Crippen molar-refractivity contribution in [2.75, 3.05) is 5.32 Å². The number of rotatable bonds is 5. The van der Waals surface area contributed by atoms with Gasteiger partial charge in [0.25, 0.3) is 0 Å². The fourth-order valence-corrected chi connectivity index (χ4v) is 4.30. The third-order valence-corrected chi connectivity index (χ3v) is 5.86. The third kappa shape index (κ3) is 3.48. The van der Waals surface area contributed by atoms with Gasteiger partial charge in [0.15, 0.2) is 0 Å². The highest BCUT2D eigenvalue weighted by Crippen LogP contribution is 2.32. The van der Waals surface area contributed by atoms with Crippen LogP contribution < -0.4 is 5.32 Å². The second kappa shape index (κ2) is 7.66. The molecule has 1 aliphatic rings. The van der Waals surface area contributed by atoms with E-state index in [1.165, 1.54) is 36.8 Å². The van der Waals surface area contributed by atoms with Crippen LogP contribution in [0.4, 0.5) is 5.95 Å². The van der Waals surface area contributed by atoms with Crippen molar-refractivity contribution in [2.45, 2.75) is 45.1 Å². The quantitative estimate of drug-likeness (QED) is 0.470. The van der Waals surface area contributed by atoms with Crippen LogP contribution in [0, 0.1) is 0 Å². The summed E-state index contributed by atoms with van der Waals surface area (Å²) < 4.78 is 0. The molecule has 0 atom stereocenters. The van der Waals surface area contributed by atoms with E-state index in [0.29, 0.717) is 12.0 Å². The van der Waals surface area contributed by atoms with E-state index in [9.17, 15) is 0 Å². The van der Waals surface area contributed by atoms with Crippen molar-refractivity contribution in [1.82, 2.24) is 19.9 Å². The lowest BCUT2D eigenvalue weighted by atomic mass is 9.98. The number of aryl methyl sites for hydroxylation is 1. The molecule has 3 heterocycles. The van der Waals surface area contributed by atoms with Gasteiger partial charge < -0.3 is 10.3 Å². The Hall–Kier alpha value is -3.21. The van der Waals surface area contributed by atoms with Crippen LogP contribution in [-0.2, 0) is 6.42 Å². The Morgan fingerprint density at radius 2 is 1.93 bits per heavy atom. The molecule has 0 aliphatic heterocycles. The number of aromatic nitrogens is 4. The number of hydrogen-bond acceptors (Lipinski definition) is 4. The molecule has 1 fully saturated rings. The number of fused-ring (bicyclic) bond motifs is 1. The SMILES string of the molecule is CCc1ccccc1-c1cnc2[nH]cc(-c3ccnc(NC4CCCC4)n3)c2c1. The van der Waals surface area contributed by atoms with Crippen LogP contribution in [0.5, 0.6) is 0 Å². The number of nitrogens with one attached hydrogen (secondary N) is 2. The summed E-state index contributed by atoms with van der Waals surface area (Å²) in [6, 6.07) is 13.2. The number of H-pyrrole nitrogens is 1. The fourth-order valence-electron chi connectivity index (χ4n) is 4.30. The van der Waals surface area contributed by atoms with Crippen molar-refractivity contribution in [3.05, 3.63) is 60.6 Å². The van der Waals surface area contributed by atoms with Crippen LogP contribution in [-0.4, -0.2) is 26.0 Å². The molecule has 2 N–H and O–H groups in total. The molecule has 1 aliphatic carbocycles. The van der Waals surface area contributed by atoms with Crippen LogP contribution in [0.3, 0.4) is 0 Å². The maximum absolute atomic E-state index is 4.79. The molecule has 29 heavy (non-hydrogen) atoms. The minimum absolute atomic E-state index is 0.493. The molecule has 0 radical (unpaired) electrons. The van der Waals surface area contributed by atoms with Crippen LogP contribution in [0.25, 0.3) is 33.4 Å². The van der Waals surface area contributed by atoms with Crippen LogP contribution in [0.15, 0.2) is 55.0 Å². The highest BCUT2D eigenvalue weighted by atomic mass is 15.1. The Balaban J connectivity index is 1.54. The predicted octanol–water partition coefficient (Wildman–Crippen LogP) is 5.60. The van der Waals surface area contributed by atoms with Crippen molar-refractivity contribution in [3.63, 3.8) is 0 Å². The Labute approximate surface area is 170 Å². The first-order chi connectivity index (χ1) is 14.3. The van der Waals surface area contributed by atoms with Gasteiger partial charge in [-0.3, -0.25) is 0 Å². The zero-order valence-corrected chi connectivity index (χ0v) is 16.7. The molecule has 5 heteroatoms. The number of hydrogen-bond donors (Lipinski definition) is 2. The van der Waals surface area contributed by atoms with Crippen LogP contribution in [0.2, 0.25) is 0 Å². The monoisotopic (exact) mass is 383 g/mol. The van der Waals surface area contributed by atoms with Gasteiger partial charge in [-0.2, -0.15) is 0 Å². The number of anilines is 1. The minimum Gasteiger partial charge on any atom is -0.351 e. The summed E-state index contributed by atoms with van der Waals surface area (Å²) >= 11 is 0. The highest BCUT2D eigenvalue weighted by Gasteiger charge is 2.17. The van der Waals surface area contributed by atoms with Crippen molar-refractivity contribution < 1.29 is 0 Å². The summed E-state index contributed by atoms with van der Waals surface area (Å²) in [4.78, 5) is 17.2. The van der Waals surface area contributed by atoms with Crippen molar-refractivity contribution in [2.24, 2.45) is 0 Å². The first-order valence-electron chi connectivity index (χ1n) is 10.5. The summed E-state index contributed by atoms with van der Waals surface area (Å²) in [7, 11) is 0. The molecule has 3 aromatic heterocycles. The first-order valence-corrected chi connectivity index (χ1v) is 10.5. The van der Waals surface area contributed by atoms with E-state index in [1.54, 1.807) is 0 Å². The second-order valence-electron chi connectivity index (χ2n) is 7.72. The molecule has 0 spiro atoms. The lowest BCUT2D eigenvalue weighted by Gasteiger charge is -2.12. The number of nitrogens with zero attached hydrogens (tertiary/aromatic N) is 3. The number of benzene rings is 1. The maximum Gasteiger partial charge on any atom is 0.223 e. The Morgan fingerprint density at radius 1 is 1.07 bits per heavy atom. The van der Waals surface area contributed by atoms with Gasteiger partial charge in [-0.25, -0.2) is 15.0 Å². The van der Waals surface area contributed by atoms with Crippen LogP contribution in [0.1, 0.15) is 38.2 Å². The van der Waals surface area contributed by atoms with Gasteiger partial charge in [0, 0.05) is 41.1 Å². The number of pyridine rings is 1. The lowest BCUT2D eigenvalue weighted by Crippen LogP contribution is -2.16. The second-order valence-corrected chi connectivity index (χ2v) is 7.72. The molecule has 0 bridgehead atoms. The largest absolute Gasteiger partial charge is 0.351 e. The Morgan fingerprint density at radius 3 is 2.79 bits per heavy atom. The van der Waals surface area contributed by atoms with E-state index >= 15 is 0 Å². The van der Waals surface area contributed by atoms with E-state index < -0.39 is 0 Å². The van der Waals surface area contributed by atoms with Crippen molar-refractivity contribution >= 4 is 17.0 Å². The van der Waals surface area contributed by atoms with Gasteiger partial charge in [-0.15, -0.1) is 0 Å². The van der Waals surface area contributed by atoms with Gasteiger partial charge in [-0.1, -0.05) is 44.0 Å². The van der Waals surface area contributed by atoms with E-state index in [2.05, 4.69) is 57.5 Å². The smallest absolute Gasteiger partial charge is 0.223 e. The lowest BCUT2D eigenvalue weighted by molar-refractivity contribution is 0.744. The highest BCUT2D eigenvalue weighted by molar-refractivity contribution is 5.95. The maximum atomic E-state index is 4.79. The average molecular weight is 383 g/mol. The topological polar surface area (TPSA) is 66.5 Å². The summed E-state index contributed by atoms with van der Waals surface area (Å²) in [6.07, 6.45) is 11.7. The molecule has 4 aromatic rings. The normalized spacial score (nSPS) is 14.5. The summed E-state index contributed by atoms with van der Waals surface area (Å²) in [5, 5.41) is 4.58. The van der Waals surface area contributed by atoms with Gasteiger partial charge >= 0.3 is 0 Å². The summed E-state index contributed by atoms with van der Waals surface area (Å²) in [6.45, 7) is 2.19. The zero-order chi connectivity index (χ0) is 19.6. The molecule has 5 rings (SSSR count). The predicted molar refractivity (Wildman–Crippen MR) is 118 cm³/mol. The van der Waals surface area contributed by atoms with Gasteiger partial charge in [0.05, 0.1) is 5.69 Å². The van der Waals surface area contributed by atoms with Gasteiger partial charge in [0.1, 0.15) is 5.65 Å². The molecular formula is C24H25N5. The molecule has 1 aromatic carbocycles. The molecule has 5 nitrogen and oxygen atoms in total. The van der Waals surface area contributed by atoms with Gasteiger partial charge in [-0.05, 0) is 42.5 Å². The van der Waals surface area contributed by atoms with E-state index in [-0.39, 0.29) is 0 Å². The molecule has 146 valence electrons. The molecular weight excluding hydrogens is 358 g/mol. The molecule has 0 unspecified atom stereocenters. The third-order valence-electron chi connectivity index (χ3n) is 5.86. The van der Waals surface area contributed by atoms with Crippen molar-refractivity contribution in [3.8, 4) is 22.4 Å². The molecule has 0 amide bonds. The number of aromatic amines is 1. The fraction of sp³-hybridized carbons (Fsp3) is 0.292. The Bertz CT molecular complexity index is 1140. The van der Waals surface area contributed by atoms with Crippen molar-refractivity contribution in [1.29, 1.82) is 0 Å². The zero-order valence-electron chi connectivity index (χ0n) is 16.7. The average Bonchev–Trinajstić information content (AvgIpc) is 3.43. The minimum atomic E-state index is 0.493. The van der Waals surface area contributed by atoms with E-state index in [0.717, 1.165) is 34.3 Å².